The number of amidine groups is 1. The minimum atomic E-state index is -0.772. The quantitative estimate of drug-likeness (QED) is 0.275. The Morgan fingerprint density at radius 2 is 2.03 bits per heavy atom. The fourth-order valence-corrected chi connectivity index (χ4v) is 3.90. The molecule has 1 aromatic heterocycles. The standard InChI is InChI=1S/C22H25ClF2N6O3/c1-5-29(12-33)20(10-32)27-28(4)19-7-18-14(6-16(19)24)22(34)31(11-30(18)13(2)3)21-15(23)8-26-9-17(21)25/h6-9,12-13,32H,5,10-11H2,1-4H3/b27-20-. The first-order valence-electron chi connectivity index (χ1n) is 10.5. The normalized spacial score (nSPS) is 13.9. The second-order valence-corrected chi connectivity index (χ2v) is 8.21. The third kappa shape index (κ3) is 4.66. The predicted octanol–water partition coefficient (Wildman–Crippen LogP) is 3.07. The highest BCUT2D eigenvalue weighted by atomic mass is 35.5. The second kappa shape index (κ2) is 10.3. The molecule has 1 aliphatic heterocycles. The Labute approximate surface area is 200 Å². The van der Waals surface area contributed by atoms with E-state index in [1.165, 1.54) is 29.2 Å². The van der Waals surface area contributed by atoms with Crippen molar-refractivity contribution in [3.63, 3.8) is 0 Å². The molecule has 0 aliphatic carbocycles. The highest BCUT2D eigenvalue weighted by Gasteiger charge is 2.35. The van der Waals surface area contributed by atoms with E-state index in [-0.39, 0.29) is 47.1 Å². The maximum atomic E-state index is 15.2. The first-order valence-corrected chi connectivity index (χ1v) is 10.9. The van der Waals surface area contributed by atoms with Crippen molar-refractivity contribution < 1.29 is 23.5 Å². The van der Waals surface area contributed by atoms with Crippen molar-refractivity contribution in [2.75, 3.05) is 41.7 Å². The number of aliphatic hydroxyl groups is 1. The number of nitrogens with zero attached hydrogens (tertiary/aromatic N) is 6. The highest BCUT2D eigenvalue weighted by Crippen LogP contribution is 2.38. The van der Waals surface area contributed by atoms with Crippen molar-refractivity contribution in [1.29, 1.82) is 0 Å². The van der Waals surface area contributed by atoms with Crippen LogP contribution >= 0.6 is 11.6 Å². The maximum Gasteiger partial charge on any atom is 0.262 e. The summed E-state index contributed by atoms with van der Waals surface area (Å²) in [6.45, 7) is 5.16. The molecule has 0 saturated carbocycles. The van der Waals surface area contributed by atoms with Crippen molar-refractivity contribution in [1.82, 2.24) is 9.88 Å². The van der Waals surface area contributed by atoms with Crippen molar-refractivity contribution in [2.24, 2.45) is 5.10 Å². The third-order valence-electron chi connectivity index (χ3n) is 5.42. The molecule has 1 aromatic carbocycles. The van der Waals surface area contributed by atoms with Crippen LogP contribution in [0.15, 0.2) is 29.6 Å². The van der Waals surface area contributed by atoms with E-state index >= 15 is 4.39 Å². The first-order chi connectivity index (χ1) is 16.1. The summed E-state index contributed by atoms with van der Waals surface area (Å²) in [7, 11) is 1.46. The SMILES string of the molecule is CCN(C=O)/C(CO)=N\N(C)c1cc2c(cc1F)C(=O)N(c1c(F)cncc1Cl)CN2C(C)C. The van der Waals surface area contributed by atoms with Gasteiger partial charge < -0.3 is 10.0 Å². The zero-order chi connectivity index (χ0) is 25.2. The lowest BCUT2D eigenvalue weighted by molar-refractivity contribution is -0.114. The number of carbonyl (C=O) groups is 2. The molecule has 3 rings (SSSR count). The van der Waals surface area contributed by atoms with Gasteiger partial charge >= 0.3 is 0 Å². The molecule has 2 heterocycles. The van der Waals surface area contributed by atoms with Gasteiger partial charge in [0.25, 0.3) is 5.91 Å². The number of amides is 2. The topological polar surface area (TPSA) is 92.6 Å². The first kappa shape index (κ1) is 25.3. The molecule has 0 saturated heterocycles. The van der Waals surface area contributed by atoms with Gasteiger partial charge in [-0.15, -0.1) is 0 Å². The van der Waals surface area contributed by atoms with Crippen LogP contribution in [-0.4, -0.2) is 66.1 Å². The number of carbonyl (C=O) groups excluding carboxylic acids is 2. The van der Waals surface area contributed by atoms with Gasteiger partial charge in [0.1, 0.15) is 18.1 Å². The van der Waals surface area contributed by atoms with E-state index < -0.39 is 24.1 Å². The molecule has 0 bridgehead atoms. The molecule has 12 heteroatoms. The van der Waals surface area contributed by atoms with E-state index in [1.807, 2.05) is 13.8 Å². The number of pyridine rings is 1. The summed E-state index contributed by atoms with van der Waals surface area (Å²) in [5.41, 5.74) is 0.335. The Morgan fingerprint density at radius 1 is 1.32 bits per heavy atom. The molecular weight excluding hydrogens is 470 g/mol. The average molecular weight is 495 g/mol. The average Bonchev–Trinajstić information content (AvgIpc) is 2.79. The van der Waals surface area contributed by atoms with Crippen LogP contribution in [0.4, 0.5) is 25.8 Å². The molecule has 2 amide bonds. The number of rotatable bonds is 7. The van der Waals surface area contributed by atoms with Gasteiger partial charge in [-0.2, -0.15) is 5.10 Å². The van der Waals surface area contributed by atoms with E-state index in [9.17, 15) is 19.1 Å². The molecule has 2 aromatic rings. The lowest BCUT2D eigenvalue weighted by Crippen LogP contribution is -2.50. The summed E-state index contributed by atoms with van der Waals surface area (Å²) in [4.78, 5) is 32.3. The largest absolute Gasteiger partial charge is 0.388 e. The number of anilines is 3. The van der Waals surface area contributed by atoms with Gasteiger partial charge in [-0.25, -0.2) is 8.78 Å². The Kier molecular flexibility index (Phi) is 7.68. The molecule has 0 spiro atoms. The van der Waals surface area contributed by atoms with Crippen molar-refractivity contribution in [3.05, 3.63) is 46.7 Å². The number of hydrogen-bond acceptors (Lipinski definition) is 7. The monoisotopic (exact) mass is 494 g/mol. The summed E-state index contributed by atoms with van der Waals surface area (Å²) >= 11 is 6.13. The number of hydrazone groups is 1. The predicted molar refractivity (Wildman–Crippen MR) is 126 cm³/mol. The van der Waals surface area contributed by atoms with Gasteiger partial charge in [-0.1, -0.05) is 11.6 Å². The number of aromatic nitrogens is 1. The maximum absolute atomic E-state index is 15.2. The van der Waals surface area contributed by atoms with Crippen LogP contribution in [0.2, 0.25) is 5.02 Å². The molecule has 182 valence electrons. The van der Waals surface area contributed by atoms with E-state index in [1.54, 1.807) is 11.8 Å². The van der Waals surface area contributed by atoms with Crippen LogP contribution in [-0.2, 0) is 4.79 Å². The van der Waals surface area contributed by atoms with Gasteiger partial charge in [0.2, 0.25) is 6.41 Å². The third-order valence-corrected chi connectivity index (χ3v) is 5.70. The van der Waals surface area contributed by atoms with Crippen molar-refractivity contribution >= 4 is 46.8 Å². The van der Waals surface area contributed by atoms with Gasteiger partial charge in [-0.05, 0) is 32.9 Å². The van der Waals surface area contributed by atoms with Crippen LogP contribution in [0.3, 0.4) is 0 Å². The number of fused-ring (bicyclic) bond motifs is 1. The Balaban J connectivity index is 2.10. The van der Waals surface area contributed by atoms with E-state index in [0.29, 0.717) is 12.1 Å². The van der Waals surface area contributed by atoms with Crippen LogP contribution in [0.5, 0.6) is 0 Å². The smallest absolute Gasteiger partial charge is 0.262 e. The van der Waals surface area contributed by atoms with Gasteiger partial charge in [-0.3, -0.25) is 29.4 Å². The molecule has 0 unspecified atom stereocenters. The fraction of sp³-hybridized carbons (Fsp3) is 0.364. The molecule has 0 atom stereocenters. The van der Waals surface area contributed by atoms with Gasteiger partial charge in [0, 0.05) is 25.8 Å². The number of hydrogen-bond donors (Lipinski definition) is 1. The van der Waals surface area contributed by atoms with Gasteiger partial charge in [0.05, 0.1) is 34.8 Å². The number of likely N-dealkylation sites (N-methyl/N-ethyl adjacent to an activating group) is 1. The molecule has 9 nitrogen and oxygen atoms in total. The highest BCUT2D eigenvalue weighted by molar-refractivity contribution is 6.34. The van der Waals surface area contributed by atoms with Crippen LogP contribution in [0, 0.1) is 11.6 Å². The lowest BCUT2D eigenvalue weighted by Gasteiger charge is -2.41. The molecule has 34 heavy (non-hydrogen) atoms. The van der Waals surface area contributed by atoms with Crippen LogP contribution in [0.1, 0.15) is 31.1 Å². The summed E-state index contributed by atoms with van der Waals surface area (Å²) in [6, 6.07) is 2.37. The van der Waals surface area contributed by atoms with Gasteiger partial charge in [0.15, 0.2) is 11.7 Å². The number of halogens is 3. The van der Waals surface area contributed by atoms with Crippen molar-refractivity contribution in [3.8, 4) is 0 Å². The Morgan fingerprint density at radius 3 is 2.59 bits per heavy atom. The van der Waals surface area contributed by atoms with E-state index in [2.05, 4.69) is 10.1 Å². The summed E-state index contributed by atoms with van der Waals surface area (Å²) in [5.74, 6) is -2.13. The molecule has 1 N–H and O–H groups in total. The summed E-state index contributed by atoms with van der Waals surface area (Å²) in [5, 5.41) is 14.9. The zero-order valence-electron chi connectivity index (χ0n) is 19.2. The fourth-order valence-electron chi connectivity index (χ4n) is 3.65. The van der Waals surface area contributed by atoms with Crippen molar-refractivity contribution in [2.45, 2.75) is 26.8 Å². The molecular formula is C22H25ClF2N6O3. The van der Waals surface area contributed by atoms with E-state index in [0.717, 1.165) is 17.2 Å². The van der Waals surface area contributed by atoms with E-state index in [4.69, 9.17) is 11.6 Å². The Bertz CT molecular complexity index is 1110. The molecule has 0 radical (unpaired) electrons. The zero-order valence-corrected chi connectivity index (χ0v) is 19.9. The Hall–Kier alpha value is -3.31. The second-order valence-electron chi connectivity index (χ2n) is 7.80. The molecule has 1 aliphatic rings. The summed E-state index contributed by atoms with van der Waals surface area (Å²) in [6.07, 6.45) is 2.71. The summed E-state index contributed by atoms with van der Waals surface area (Å²) < 4.78 is 29.7. The molecule has 0 fully saturated rings. The minimum Gasteiger partial charge on any atom is -0.388 e. The van der Waals surface area contributed by atoms with Crippen LogP contribution in [0.25, 0.3) is 0 Å². The number of aliphatic hydroxyl groups excluding tert-OH is 1. The number of benzene rings is 1. The van der Waals surface area contributed by atoms with Crippen LogP contribution < -0.4 is 14.8 Å². The minimum absolute atomic E-state index is 0.0201. The lowest BCUT2D eigenvalue weighted by atomic mass is 10.0.